The Kier molecular flexibility index (Phi) is 3.40. The molecule has 0 fully saturated rings. The molecule has 0 saturated heterocycles. The van der Waals surface area contributed by atoms with Gasteiger partial charge in [-0.1, -0.05) is 35.9 Å². The molecule has 0 saturated carbocycles. The van der Waals surface area contributed by atoms with Gasteiger partial charge >= 0.3 is 5.97 Å². The highest BCUT2D eigenvalue weighted by Gasteiger charge is 2.12. The van der Waals surface area contributed by atoms with Crippen molar-refractivity contribution in [1.82, 2.24) is 4.98 Å². The second-order valence-corrected chi connectivity index (χ2v) is 5.13. The van der Waals surface area contributed by atoms with E-state index in [4.69, 9.17) is 0 Å². The Morgan fingerprint density at radius 3 is 2.71 bits per heavy atom. The number of pyridine rings is 1. The average Bonchev–Trinajstić information content (AvgIpc) is 2.49. The van der Waals surface area contributed by atoms with Crippen molar-refractivity contribution in [2.45, 2.75) is 13.3 Å². The maximum absolute atomic E-state index is 11.4. The molecule has 1 heterocycles. The summed E-state index contributed by atoms with van der Waals surface area (Å²) in [5.41, 5.74) is 4.17. The zero-order valence-electron chi connectivity index (χ0n) is 11.7. The van der Waals surface area contributed by atoms with Gasteiger partial charge in [0, 0.05) is 11.6 Å². The zero-order chi connectivity index (χ0) is 14.8. The van der Waals surface area contributed by atoms with Crippen LogP contribution in [-0.4, -0.2) is 16.1 Å². The van der Waals surface area contributed by atoms with Crippen LogP contribution in [0.25, 0.3) is 10.9 Å². The van der Waals surface area contributed by atoms with Crippen molar-refractivity contribution >= 4 is 16.9 Å². The van der Waals surface area contributed by atoms with Gasteiger partial charge < -0.3 is 5.11 Å². The summed E-state index contributed by atoms with van der Waals surface area (Å²) >= 11 is 0. The van der Waals surface area contributed by atoms with Gasteiger partial charge in [0.25, 0.3) is 0 Å². The molecule has 0 atom stereocenters. The van der Waals surface area contributed by atoms with E-state index in [0.29, 0.717) is 12.0 Å². The van der Waals surface area contributed by atoms with Crippen LogP contribution in [0.5, 0.6) is 0 Å². The van der Waals surface area contributed by atoms with Crippen LogP contribution >= 0.6 is 0 Å². The number of aromatic nitrogens is 1. The van der Waals surface area contributed by atoms with Crippen LogP contribution in [0.15, 0.2) is 54.7 Å². The van der Waals surface area contributed by atoms with Crippen molar-refractivity contribution in [1.29, 1.82) is 0 Å². The minimum absolute atomic E-state index is 0.371. The lowest BCUT2D eigenvalue weighted by Gasteiger charge is -2.09. The fourth-order valence-electron chi connectivity index (χ4n) is 2.56. The number of nitrogens with zero attached hydrogens (tertiary/aromatic N) is 1. The van der Waals surface area contributed by atoms with Gasteiger partial charge in [-0.15, -0.1) is 0 Å². The maximum Gasteiger partial charge on any atom is 0.335 e. The molecule has 3 heteroatoms. The molecule has 1 N–H and O–H groups in total. The summed E-state index contributed by atoms with van der Waals surface area (Å²) in [6.07, 6.45) is 2.36. The van der Waals surface area contributed by atoms with E-state index in [9.17, 15) is 9.90 Å². The molecular weight excluding hydrogens is 262 g/mol. The topological polar surface area (TPSA) is 50.2 Å². The quantitative estimate of drug-likeness (QED) is 0.791. The molecule has 2 aromatic carbocycles. The van der Waals surface area contributed by atoms with E-state index in [0.717, 1.165) is 27.6 Å². The fraction of sp³-hybridized carbons (Fsp3) is 0.111. The number of aryl methyl sites for hydroxylation is 1. The van der Waals surface area contributed by atoms with Crippen LogP contribution in [0.2, 0.25) is 0 Å². The molecule has 3 aromatic rings. The van der Waals surface area contributed by atoms with Crippen LogP contribution in [-0.2, 0) is 6.42 Å². The lowest BCUT2D eigenvalue weighted by atomic mass is 9.96. The largest absolute Gasteiger partial charge is 0.478 e. The number of carboxylic acid groups (broad SMARTS) is 1. The number of para-hydroxylation sites is 1. The average molecular weight is 277 g/mol. The van der Waals surface area contributed by atoms with Gasteiger partial charge in [0.1, 0.15) is 0 Å². The third-order valence-corrected chi connectivity index (χ3v) is 3.62. The molecule has 0 amide bonds. The van der Waals surface area contributed by atoms with Crippen molar-refractivity contribution in [3.8, 4) is 0 Å². The van der Waals surface area contributed by atoms with E-state index in [-0.39, 0.29) is 0 Å². The Labute approximate surface area is 122 Å². The minimum atomic E-state index is -0.882. The van der Waals surface area contributed by atoms with Gasteiger partial charge in [0.2, 0.25) is 0 Å². The van der Waals surface area contributed by atoms with Crippen LogP contribution < -0.4 is 0 Å². The van der Waals surface area contributed by atoms with Crippen molar-refractivity contribution in [2.24, 2.45) is 0 Å². The predicted molar refractivity (Wildman–Crippen MR) is 82.7 cm³/mol. The first-order valence-corrected chi connectivity index (χ1v) is 6.80. The Morgan fingerprint density at radius 2 is 1.90 bits per heavy atom. The molecule has 3 rings (SSSR count). The molecule has 1 aromatic heterocycles. The number of benzene rings is 2. The van der Waals surface area contributed by atoms with E-state index < -0.39 is 5.97 Å². The Bertz CT molecular complexity index is 819. The summed E-state index contributed by atoms with van der Waals surface area (Å²) in [6.45, 7) is 1.90. The predicted octanol–water partition coefficient (Wildman–Crippen LogP) is 3.83. The fourth-order valence-corrected chi connectivity index (χ4v) is 2.56. The summed E-state index contributed by atoms with van der Waals surface area (Å²) in [5, 5.41) is 10.4. The molecule has 0 radical (unpaired) electrons. The first-order chi connectivity index (χ1) is 10.1. The number of fused-ring (bicyclic) bond motifs is 1. The summed E-state index contributed by atoms with van der Waals surface area (Å²) in [6, 6.07) is 15.4. The number of rotatable bonds is 3. The van der Waals surface area contributed by atoms with E-state index >= 15 is 0 Å². The number of hydrogen-bond acceptors (Lipinski definition) is 2. The van der Waals surface area contributed by atoms with Gasteiger partial charge in [-0.3, -0.25) is 4.98 Å². The summed E-state index contributed by atoms with van der Waals surface area (Å²) in [7, 11) is 0. The third-order valence-electron chi connectivity index (χ3n) is 3.62. The van der Waals surface area contributed by atoms with Gasteiger partial charge in [-0.2, -0.15) is 0 Å². The van der Waals surface area contributed by atoms with E-state index in [1.807, 2.05) is 49.4 Å². The van der Waals surface area contributed by atoms with Crippen LogP contribution in [0.4, 0.5) is 0 Å². The smallest absolute Gasteiger partial charge is 0.335 e. The lowest BCUT2D eigenvalue weighted by molar-refractivity contribution is 0.0695. The van der Waals surface area contributed by atoms with Crippen molar-refractivity contribution in [3.63, 3.8) is 0 Å². The highest BCUT2D eigenvalue weighted by Crippen LogP contribution is 2.22. The SMILES string of the molecule is Cc1ccc(Cc2ccnc3ccccc23)c(C(=O)O)c1. The van der Waals surface area contributed by atoms with E-state index in [1.165, 1.54) is 0 Å². The zero-order valence-corrected chi connectivity index (χ0v) is 11.7. The van der Waals surface area contributed by atoms with E-state index in [2.05, 4.69) is 4.98 Å². The van der Waals surface area contributed by atoms with Crippen molar-refractivity contribution in [3.05, 3.63) is 77.0 Å². The highest BCUT2D eigenvalue weighted by atomic mass is 16.4. The second kappa shape index (κ2) is 5.37. The van der Waals surface area contributed by atoms with Gasteiger partial charge in [-0.25, -0.2) is 4.79 Å². The molecule has 0 spiro atoms. The molecule has 3 nitrogen and oxygen atoms in total. The molecule has 0 bridgehead atoms. The number of hydrogen-bond donors (Lipinski definition) is 1. The molecule has 104 valence electrons. The number of carbonyl (C=O) groups is 1. The summed E-state index contributed by atoms with van der Waals surface area (Å²) in [4.78, 5) is 15.8. The van der Waals surface area contributed by atoms with Crippen molar-refractivity contribution < 1.29 is 9.90 Å². The molecule has 21 heavy (non-hydrogen) atoms. The van der Waals surface area contributed by atoms with Crippen LogP contribution in [0.1, 0.15) is 27.0 Å². The lowest BCUT2D eigenvalue weighted by Crippen LogP contribution is -2.04. The minimum Gasteiger partial charge on any atom is -0.478 e. The normalized spacial score (nSPS) is 10.7. The standard InChI is InChI=1S/C18H15NO2/c1-12-6-7-13(16(10-12)18(20)21)11-14-8-9-19-17-5-3-2-4-15(14)17/h2-10H,11H2,1H3,(H,20,21). The number of aromatic carboxylic acids is 1. The van der Waals surface area contributed by atoms with Gasteiger partial charge in [0.15, 0.2) is 0 Å². The molecule has 0 aliphatic heterocycles. The Hall–Kier alpha value is -2.68. The van der Waals surface area contributed by atoms with Crippen LogP contribution in [0, 0.1) is 6.92 Å². The van der Waals surface area contributed by atoms with E-state index in [1.54, 1.807) is 12.3 Å². The molecule has 0 unspecified atom stereocenters. The summed E-state index contributed by atoms with van der Waals surface area (Å²) in [5.74, 6) is -0.882. The first-order valence-electron chi connectivity index (χ1n) is 6.80. The maximum atomic E-state index is 11.4. The first kappa shape index (κ1) is 13.3. The summed E-state index contributed by atoms with van der Waals surface area (Å²) < 4.78 is 0. The number of carboxylic acids is 1. The van der Waals surface area contributed by atoms with Gasteiger partial charge in [0.05, 0.1) is 11.1 Å². The van der Waals surface area contributed by atoms with Crippen LogP contribution in [0.3, 0.4) is 0 Å². The molecular formula is C18H15NO2. The Balaban J connectivity index is 2.09. The van der Waals surface area contributed by atoms with Gasteiger partial charge in [-0.05, 0) is 42.7 Å². The molecule has 0 aliphatic carbocycles. The monoisotopic (exact) mass is 277 g/mol. The molecule has 0 aliphatic rings. The highest BCUT2D eigenvalue weighted by molar-refractivity contribution is 5.90. The third kappa shape index (κ3) is 2.63. The van der Waals surface area contributed by atoms with Crippen molar-refractivity contribution in [2.75, 3.05) is 0 Å². The second-order valence-electron chi connectivity index (χ2n) is 5.13. The Morgan fingerprint density at radius 1 is 1.10 bits per heavy atom.